The van der Waals surface area contributed by atoms with Crippen molar-refractivity contribution in [3.8, 4) is 0 Å². The van der Waals surface area contributed by atoms with E-state index in [0.717, 1.165) is 12.1 Å². The van der Waals surface area contributed by atoms with Crippen LogP contribution in [0.3, 0.4) is 0 Å². The first kappa shape index (κ1) is 15.6. The summed E-state index contributed by atoms with van der Waals surface area (Å²) in [6.07, 6.45) is 0. The van der Waals surface area contributed by atoms with E-state index in [9.17, 15) is 17.2 Å². The summed E-state index contributed by atoms with van der Waals surface area (Å²) >= 11 is 0. The highest BCUT2D eigenvalue weighted by Crippen LogP contribution is 2.20. The van der Waals surface area contributed by atoms with Crippen molar-refractivity contribution >= 4 is 10.0 Å². The van der Waals surface area contributed by atoms with Crippen molar-refractivity contribution < 1.29 is 26.7 Å². The zero-order chi connectivity index (χ0) is 15.6. The van der Waals surface area contributed by atoms with Crippen LogP contribution in [0.25, 0.3) is 0 Å². The van der Waals surface area contributed by atoms with Gasteiger partial charge in [-0.2, -0.15) is 0 Å². The molecule has 8 heteroatoms. The van der Waals surface area contributed by atoms with E-state index in [1.165, 1.54) is 19.1 Å². The van der Waals surface area contributed by atoms with Gasteiger partial charge in [-0.1, -0.05) is 6.07 Å². The molecule has 0 aliphatic carbocycles. The molecular formula is C13H13F2NO4S. The molecule has 0 saturated carbocycles. The highest BCUT2D eigenvalue weighted by atomic mass is 32.2. The number of sulfonamides is 1. The number of aryl methyl sites for hydroxylation is 1. The maximum Gasteiger partial charge on any atom is 0.244 e. The van der Waals surface area contributed by atoms with Crippen LogP contribution < -0.4 is 4.72 Å². The molecule has 0 radical (unpaired) electrons. The second-order valence-electron chi connectivity index (χ2n) is 4.36. The largest absolute Gasteiger partial charge is 0.462 e. The van der Waals surface area contributed by atoms with Crippen molar-refractivity contribution in [2.45, 2.75) is 25.0 Å². The van der Waals surface area contributed by atoms with Crippen molar-refractivity contribution in [3.05, 3.63) is 53.0 Å². The topological polar surface area (TPSA) is 79.5 Å². The number of nitrogens with one attached hydrogen (secondary N) is 1. The second-order valence-corrected chi connectivity index (χ2v) is 6.10. The molecule has 1 aromatic carbocycles. The zero-order valence-electron chi connectivity index (χ0n) is 11.1. The number of rotatable bonds is 5. The fourth-order valence-electron chi connectivity index (χ4n) is 1.77. The zero-order valence-corrected chi connectivity index (χ0v) is 11.9. The number of hydrogen-bond donors (Lipinski definition) is 2. The SMILES string of the molecule is Cc1oc(CO)cc1S(=O)(=O)NCc1ccc(F)c(F)c1. The quantitative estimate of drug-likeness (QED) is 0.882. The molecule has 1 heterocycles. The van der Waals surface area contributed by atoms with Crippen molar-refractivity contribution in [1.82, 2.24) is 4.72 Å². The Balaban J connectivity index is 2.17. The minimum absolute atomic E-state index is 0.103. The molecule has 2 rings (SSSR count). The van der Waals surface area contributed by atoms with Gasteiger partial charge in [0.2, 0.25) is 10.0 Å². The molecule has 114 valence electrons. The molecule has 0 atom stereocenters. The first-order chi connectivity index (χ1) is 9.83. The Morgan fingerprint density at radius 3 is 2.52 bits per heavy atom. The Morgan fingerprint density at radius 2 is 1.95 bits per heavy atom. The lowest BCUT2D eigenvalue weighted by Crippen LogP contribution is -2.23. The first-order valence-corrected chi connectivity index (χ1v) is 7.45. The minimum atomic E-state index is -3.87. The minimum Gasteiger partial charge on any atom is -0.462 e. The van der Waals surface area contributed by atoms with Crippen LogP contribution in [0.5, 0.6) is 0 Å². The third-order valence-electron chi connectivity index (χ3n) is 2.82. The molecule has 21 heavy (non-hydrogen) atoms. The summed E-state index contributed by atoms with van der Waals surface area (Å²) in [5, 5.41) is 8.92. The van der Waals surface area contributed by atoms with Gasteiger partial charge in [-0.3, -0.25) is 0 Å². The average Bonchev–Trinajstić information content (AvgIpc) is 2.82. The van der Waals surface area contributed by atoms with Gasteiger partial charge >= 0.3 is 0 Å². The van der Waals surface area contributed by atoms with Gasteiger partial charge in [0.15, 0.2) is 11.6 Å². The molecular weight excluding hydrogens is 304 g/mol. The maximum absolute atomic E-state index is 13.0. The number of halogens is 2. The fourth-order valence-corrected chi connectivity index (χ4v) is 2.99. The van der Waals surface area contributed by atoms with E-state index in [1.807, 2.05) is 0 Å². The predicted octanol–water partition coefficient (Wildman–Crippen LogP) is 1.84. The van der Waals surface area contributed by atoms with E-state index >= 15 is 0 Å². The second kappa shape index (κ2) is 5.92. The van der Waals surface area contributed by atoms with Crippen molar-refractivity contribution in [2.75, 3.05) is 0 Å². The molecule has 0 aliphatic rings. The van der Waals surface area contributed by atoms with Gasteiger partial charge < -0.3 is 9.52 Å². The molecule has 0 spiro atoms. The number of aliphatic hydroxyl groups is 1. The normalized spacial score (nSPS) is 11.8. The number of furan rings is 1. The molecule has 2 N–H and O–H groups in total. The summed E-state index contributed by atoms with van der Waals surface area (Å²) in [6, 6.07) is 4.33. The molecule has 0 aliphatic heterocycles. The van der Waals surface area contributed by atoms with E-state index < -0.39 is 28.3 Å². The lowest BCUT2D eigenvalue weighted by Gasteiger charge is -2.06. The van der Waals surface area contributed by atoms with E-state index in [1.54, 1.807) is 0 Å². The van der Waals surface area contributed by atoms with E-state index in [-0.39, 0.29) is 28.5 Å². The predicted molar refractivity (Wildman–Crippen MR) is 69.8 cm³/mol. The summed E-state index contributed by atoms with van der Waals surface area (Å²) in [4.78, 5) is -0.103. The van der Waals surface area contributed by atoms with E-state index in [4.69, 9.17) is 9.52 Å². The molecule has 0 fully saturated rings. The van der Waals surface area contributed by atoms with Crippen LogP contribution in [0.1, 0.15) is 17.1 Å². The average molecular weight is 317 g/mol. The summed E-state index contributed by atoms with van der Waals surface area (Å²) < 4.78 is 57.3. The number of aliphatic hydroxyl groups excluding tert-OH is 1. The Kier molecular flexibility index (Phi) is 4.40. The lowest BCUT2D eigenvalue weighted by molar-refractivity contribution is 0.244. The monoisotopic (exact) mass is 317 g/mol. The van der Waals surface area contributed by atoms with Crippen molar-refractivity contribution in [1.29, 1.82) is 0 Å². The van der Waals surface area contributed by atoms with Gasteiger partial charge in [-0.05, 0) is 24.6 Å². The number of hydrogen-bond acceptors (Lipinski definition) is 4. The Hall–Kier alpha value is -1.77. The van der Waals surface area contributed by atoms with Gasteiger partial charge in [-0.15, -0.1) is 0 Å². The van der Waals surface area contributed by atoms with Crippen molar-refractivity contribution in [2.24, 2.45) is 0 Å². The third-order valence-corrected chi connectivity index (χ3v) is 4.33. The molecule has 5 nitrogen and oxygen atoms in total. The fraction of sp³-hybridized carbons (Fsp3) is 0.231. The number of benzene rings is 1. The molecule has 0 saturated heterocycles. The van der Waals surface area contributed by atoms with Gasteiger partial charge in [0, 0.05) is 12.6 Å². The summed E-state index contributed by atoms with van der Waals surface area (Å²) in [6.45, 7) is 0.837. The van der Waals surface area contributed by atoms with Gasteiger partial charge in [-0.25, -0.2) is 21.9 Å². The first-order valence-electron chi connectivity index (χ1n) is 5.97. The van der Waals surface area contributed by atoms with Crippen LogP contribution in [0.4, 0.5) is 8.78 Å². The summed E-state index contributed by atoms with van der Waals surface area (Å²) in [5.74, 6) is -1.79. The Morgan fingerprint density at radius 1 is 1.24 bits per heavy atom. The van der Waals surface area contributed by atoms with Crippen LogP contribution in [0, 0.1) is 18.6 Å². The summed E-state index contributed by atoms with van der Waals surface area (Å²) in [7, 11) is -3.87. The Bertz CT molecular complexity index is 756. The molecule has 0 amide bonds. The van der Waals surface area contributed by atoms with E-state index in [2.05, 4.69) is 4.72 Å². The molecule has 0 bridgehead atoms. The Labute approximate surface area is 120 Å². The van der Waals surface area contributed by atoms with Gasteiger partial charge in [0.05, 0.1) is 0 Å². The maximum atomic E-state index is 13.0. The lowest BCUT2D eigenvalue weighted by atomic mass is 10.2. The summed E-state index contributed by atoms with van der Waals surface area (Å²) in [5.41, 5.74) is 0.279. The van der Waals surface area contributed by atoms with Crippen LogP contribution in [-0.2, 0) is 23.2 Å². The smallest absolute Gasteiger partial charge is 0.244 e. The molecule has 0 unspecified atom stereocenters. The standard InChI is InChI=1S/C13H13F2NO4S/c1-8-13(5-10(7-17)20-8)21(18,19)16-6-9-2-3-11(14)12(15)4-9/h2-5,16-17H,6-7H2,1H3. The molecule has 2 aromatic rings. The van der Waals surface area contributed by atoms with Crippen molar-refractivity contribution in [3.63, 3.8) is 0 Å². The van der Waals surface area contributed by atoms with Gasteiger partial charge in [0.1, 0.15) is 23.0 Å². The van der Waals surface area contributed by atoms with E-state index in [0.29, 0.717) is 0 Å². The van der Waals surface area contributed by atoms with Crippen LogP contribution in [-0.4, -0.2) is 13.5 Å². The third kappa shape index (κ3) is 3.46. The molecule has 1 aromatic heterocycles. The van der Waals surface area contributed by atoms with Crippen LogP contribution >= 0.6 is 0 Å². The van der Waals surface area contributed by atoms with Gasteiger partial charge in [0.25, 0.3) is 0 Å². The van der Waals surface area contributed by atoms with Crippen LogP contribution in [0.2, 0.25) is 0 Å². The highest BCUT2D eigenvalue weighted by Gasteiger charge is 2.21. The van der Waals surface area contributed by atoms with Crippen LogP contribution in [0.15, 0.2) is 33.6 Å². The highest BCUT2D eigenvalue weighted by molar-refractivity contribution is 7.89.